The van der Waals surface area contributed by atoms with Crippen LogP contribution in [-0.2, 0) is 11.8 Å². The number of pyridine rings is 1. The SMILES string of the molecule is CC(C)(Cc1noc(=O)[nH]1)C(C)(C)c1ccc(C(=O)Nc2cn3cc(Cl)ccc3n2)cc1. The number of aromatic amines is 1. The molecule has 3 aromatic heterocycles. The van der Waals surface area contributed by atoms with E-state index in [1.54, 1.807) is 41.1 Å². The molecule has 0 spiro atoms. The molecule has 8 nitrogen and oxygen atoms in total. The van der Waals surface area contributed by atoms with Gasteiger partial charge in [0.1, 0.15) is 5.65 Å². The molecule has 0 fully saturated rings. The monoisotopic (exact) mass is 453 g/mol. The smallest absolute Gasteiger partial charge is 0.305 e. The van der Waals surface area contributed by atoms with Crippen LogP contribution in [0, 0.1) is 5.41 Å². The van der Waals surface area contributed by atoms with Gasteiger partial charge in [0.05, 0.1) is 11.2 Å². The quantitative estimate of drug-likeness (QED) is 0.448. The van der Waals surface area contributed by atoms with Crippen LogP contribution in [0.5, 0.6) is 0 Å². The molecule has 4 rings (SSSR count). The molecular weight excluding hydrogens is 430 g/mol. The van der Waals surface area contributed by atoms with E-state index in [-0.39, 0.29) is 16.7 Å². The standard InChI is InChI=1S/C23H24ClN5O3/c1-22(2,11-17-27-21(31)32-28-17)23(3,4)15-7-5-14(6-8-15)20(30)26-18-13-29-12-16(24)9-10-19(29)25-18/h5-10,12-13H,11H2,1-4H3,(H,26,30)(H,27,28,31). The van der Waals surface area contributed by atoms with E-state index in [0.29, 0.717) is 34.3 Å². The van der Waals surface area contributed by atoms with Crippen LogP contribution in [0.1, 0.15) is 49.4 Å². The minimum absolute atomic E-state index is 0.247. The number of carbonyl (C=O) groups excluding carboxylic acids is 1. The summed E-state index contributed by atoms with van der Waals surface area (Å²) >= 11 is 6.00. The van der Waals surface area contributed by atoms with Gasteiger partial charge in [0.2, 0.25) is 0 Å². The first-order chi connectivity index (χ1) is 15.0. The Hall–Kier alpha value is -3.39. The van der Waals surface area contributed by atoms with Crippen molar-refractivity contribution in [2.45, 2.75) is 39.5 Å². The maximum atomic E-state index is 12.7. The summed E-state index contributed by atoms with van der Waals surface area (Å²) in [4.78, 5) is 31.0. The van der Waals surface area contributed by atoms with Crippen LogP contribution in [-0.4, -0.2) is 25.4 Å². The lowest BCUT2D eigenvalue weighted by molar-refractivity contribution is 0.102. The number of nitrogens with one attached hydrogen (secondary N) is 2. The Morgan fingerprint density at radius 1 is 1.12 bits per heavy atom. The second-order valence-electron chi connectivity index (χ2n) is 9.00. The van der Waals surface area contributed by atoms with Crippen molar-refractivity contribution in [1.29, 1.82) is 0 Å². The summed E-state index contributed by atoms with van der Waals surface area (Å²) in [7, 11) is 0. The van der Waals surface area contributed by atoms with Gasteiger partial charge in [0, 0.05) is 18.2 Å². The average molecular weight is 454 g/mol. The molecule has 0 aliphatic rings. The van der Waals surface area contributed by atoms with Gasteiger partial charge in [-0.2, -0.15) is 0 Å². The molecule has 0 saturated heterocycles. The number of halogens is 1. The van der Waals surface area contributed by atoms with E-state index in [0.717, 1.165) is 5.56 Å². The molecule has 4 aromatic rings. The Kier molecular flexibility index (Phi) is 5.42. The summed E-state index contributed by atoms with van der Waals surface area (Å²) in [6.45, 7) is 8.47. The minimum atomic E-state index is -0.558. The van der Waals surface area contributed by atoms with E-state index in [1.165, 1.54) is 0 Å². The molecular formula is C23H24ClN5O3. The molecule has 0 saturated carbocycles. The van der Waals surface area contributed by atoms with Gasteiger partial charge in [-0.05, 0) is 40.7 Å². The highest BCUT2D eigenvalue weighted by molar-refractivity contribution is 6.30. The number of hydrogen-bond acceptors (Lipinski definition) is 5. The average Bonchev–Trinajstić information content (AvgIpc) is 3.32. The number of rotatable bonds is 6. The molecule has 0 radical (unpaired) electrons. The van der Waals surface area contributed by atoms with E-state index in [1.807, 2.05) is 12.1 Å². The second-order valence-corrected chi connectivity index (χ2v) is 9.43. The summed E-state index contributed by atoms with van der Waals surface area (Å²) in [6.07, 6.45) is 3.98. The Bertz CT molecular complexity index is 1330. The van der Waals surface area contributed by atoms with Crippen molar-refractivity contribution >= 4 is 29.0 Å². The largest absolute Gasteiger partial charge is 0.438 e. The summed E-state index contributed by atoms with van der Waals surface area (Å²) in [5, 5.41) is 7.21. The molecule has 1 amide bonds. The first kappa shape index (κ1) is 21.8. The van der Waals surface area contributed by atoms with Crippen molar-refractivity contribution in [3.63, 3.8) is 0 Å². The lowest BCUT2D eigenvalue weighted by Gasteiger charge is -2.42. The van der Waals surface area contributed by atoms with Crippen LogP contribution in [0.2, 0.25) is 5.02 Å². The molecule has 166 valence electrons. The Morgan fingerprint density at radius 2 is 1.84 bits per heavy atom. The molecule has 32 heavy (non-hydrogen) atoms. The Labute approximate surface area is 189 Å². The number of amides is 1. The highest BCUT2D eigenvalue weighted by atomic mass is 35.5. The number of fused-ring (bicyclic) bond motifs is 1. The molecule has 0 atom stereocenters. The summed E-state index contributed by atoms with van der Waals surface area (Å²) in [5.41, 5.74) is 1.75. The zero-order valence-electron chi connectivity index (χ0n) is 18.3. The van der Waals surface area contributed by atoms with E-state index < -0.39 is 5.76 Å². The number of carbonyl (C=O) groups is 1. The van der Waals surface area contributed by atoms with Gasteiger partial charge in [-0.1, -0.05) is 56.6 Å². The van der Waals surface area contributed by atoms with Crippen LogP contribution in [0.15, 0.2) is 58.1 Å². The van der Waals surface area contributed by atoms with Gasteiger partial charge in [-0.25, -0.2) is 9.78 Å². The Balaban J connectivity index is 1.50. The maximum Gasteiger partial charge on any atom is 0.438 e. The van der Waals surface area contributed by atoms with Gasteiger partial charge in [-0.3, -0.25) is 14.3 Å². The topological polar surface area (TPSA) is 105 Å². The van der Waals surface area contributed by atoms with Crippen molar-refractivity contribution in [2.24, 2.45) is 5.41 Å². The third kappa shape index (κ3) is 4.18. The van der Waals surface area contributed by atoms with Crippen LogP contribution >= 0.6 is 11.6 Å². The number of aromatic nitrogens is 4. The fourth-order valence-corrected chi connectivity index (χ4v) is 3.79. The zero-order chi connectivity index (χ0) is 23.1. The molecule has 0 unspecified atom stereocenters. The fraction of sp³-hybridized carbons (Fsp3) is 0.304. The molecule has 0 aliphatic heterocycles. The van der Waals surface area contributed by atoms with E-state index >= 15 is 0 Å². The van der Waals surface area contributed by atoms with Crippen molar-refractivity contribution in [2.75, 3.05) is 5.32 Å². The molecule has 3 heterocycles. The van der Waals surface area contributed by atoms with Crippen LogP contribution in [0.25, 0.3) is 5.65 Å². The first-order valence-corrected chi connectivity index (χ1v) is 10.5. The van der Waals surface area contributed by atoms with Gasteiger partial charge < -0.3 is 9.72 Å². The Morgan fingerprint density at radius 3 is 2.50 bits per heavy atom. The number of H-pyrrole nitrogens is 1. The fourth-order valence-electron chi connectivity index (χ4n) is 3.62. The third-order valence-corrected chi connectivity index (χ3v) is 6.54. The molecule has 9 heteroatoms. The van der Waals surface area contributed by atoms with Crippen LogP contribution in [0.3, 0.4) is 0 Å². The van der Waals surface area contributed by atoms with Crippen LogP contribution < -0.4 is 11.1 Å². The van der Waals surface area contributed by atoms with Gasteiger partial charge in [0.25, 0.3) is 5.91 Å². The highest BCUT2D eigenvalue weighted by Crippen LogP contribution is 2.43. The predicted molar refractivity (Wildman–Crippen MR) is 122 cm³/mol. The summed E-state index contributed by atoms with van der Waals surface area (Å²) < 4.78 is 6.38. The van der Waals surface area contributed by atoms with Crippen molar-refractivity contribution in [3.8, 4) is 0 Å². The van der Waals surface area contributed by atoms with Crippen molar-refractivity contribution < 1.29 is 9.32 Å². The van der Waals surface area contributed by atoms with Gasteiger partial charge >= 0.3 is 5.76 Å². The predicted octanol–water partition coefficient (Wildman–Crippen LogP) is 4.46. The van der Waals surface area contributed by atoms with Crippen LogP contribution in [0.4, 0.5) is 5.82 Å². The number of nitrogens with zero attached hydrogens (tertiary/aromatic N) is 3. The number of imidazole rings is 1. The number of anilines is 1. The summed E-state index contributed by atoms with van der Waals surface area (Å²) in [5.74, 6) is 0.156. The first-order valence-electron chi connectivity index (χ1n) is 10.2. The molecule has 0 aliphatic carbocycles. The lowest BCUT2D eigenvalue weighted by Crippen LogP contribution is -2.38. The highest BCUT2D eigenvalue weighted by Gasteiger charge is 2.39. The minimum Gasteiger partial charge on any atom is -0.305 e. The molecule has 0 bridgehead atoms. The molecule has 2 N–H and O–H groups in total. The second kappa shape index (κ2) is 7.94. The van der Waals surface area contributed by atoms with Gasteiger partial charge in [0.15, 0.2) is 11.6 Å². The van der Waals surface area contributed by atoms with E-state index in [9.17, 15) is 9.59 Å². The lowest BCUT2D eigenvalue weighted by atomic mass is 9.62. The maximum absolute atomic E-state index is 12.7. The van der Waals surface area contributed by atoms with Crippen molar-refractivity contribution in [1.82, 2.24) is 19.5 Å². The van der Waals surface area contributed by atoms with Gasteiger partial charge in [-0.15, -0.1) is 0 Å². The summed E-state index contributed by atoms with van der Waals surface area (Å²) in [6, 6.07) is 11.0. The van der Waals surface area contributed by atoms with Crippen molar-refractivity contribution in [3.05, 3.63) is 81.3 Å². The number of benzene rings is 1. The van der Waals surface area contributed by atoms with E-state index in [4.69, 9.17) is 11.6 Å². The zero-order valence-corrected chi connectivity index (χ0v) is 19.0. The number of hydrogen-bond donors (Lipinski definition) is 2. The normalized spacial score (nSPS) is 12.3. The van der Waals surface area contributed by atoms with E-state index in [2.05, 4.69) is 52.7 Å². The molecule has 1 aromatic carbocycles. The third-order valence-electron chi connectivity index (χ3n) is 6.31.